The second-order valence-corrected chi connectivity index (χ2v) is 7.98. The Morgan fingerprint density at radius 3 is 2.23 bits per heavy atom. The molecule has 0 radical (unpaired) electrons. The normalized spacial score (nSPS) is 11.6. The van der Waals surface area contributed by atoms with Gasteiger partial charge in [-0.1, -0.05) is 60.7 Å². The summed E-state index contributed by atoms with van der Waals surface area (Å²) in [7, 11) is -3.55. The molecule has 0 atom stereocenters. The van der Waals surface area contributed by atoms with Crippen LogP contribution in [0.15, 0.2) is 71.8 Å². The van der Waals surface area contributed by atoms with Crippen molar-refractivity contribution in [1.82, 2.24) is 14.5 Å². The van der Waals surface area contributed by atoms with Crippen LogP contribution in [0.25, 0.3) is 0 Å². The molecule has 0 aliphatic carbocycles. The number of hydrogen-bond donors (Lipinski definition) is 1. The standard InChI is InChI=1S/C20H23N3O2S/c1-17-20(16-23(22-17)15-19-11-6-3-7-12-19)26(24,25)21-14-8-13-18-9-4-2-5-10-18/h2-7,9-12,16,21H,8,13-15H2,1H3. The van der Waals surface area contributed by atoms with Crippen molar-refractivity contribution in [2.45, 2.75) is 31.2 Å². The van der Waals surface area contributed by atoms with Gasteiger partial charge in [-0.25, -0.2) is 13.1 Å². The third-order valence-corrected chi connectivity index (χ3v) is 5.72. The van der Waals surface area contributed by atoms with Crippen LogP contribution in [0, 0.1) is 6.92 Å². The van der Waals surface area contributed by atoms with Crippen molar-refractivity contribution in [3.63, 3.8) is 0 Å². The highest BCUT2D eigenvalue weighted by atomic mass is 32.2. The first kappa shape index (κ1) is 18.4. The Morgan fingerprint density at radius 1 is 0.962 bits per heavy atom. The molecule has 0 amide bonds. The lowest BCUT2D eigenvalue weighted by molar-refractivity contribution is 0.578. The highest BCUT2D eigenvalue weighted by Crippen LogP contribution is 2.14. The molecule has 1 heterocycles. The number of benzene rings is 2. The number of nitrogens with zero attached hydrogens (tertiary/aromatic N) is 2. The van der Waals surface area contributed by atoms with Crippen molar-refractivity contribution in [3.8, 4) is 0 Å². The lowest BCUT2D eigenvalue weighted by Gasteiger charge is -2.06. The van der Waals surface area contributed by atoms with Crippen LogP contribution in [-0.2, 0) is 23.0 Å². The molecule has 0 aliphatic heterocycles. The lowest BCUT2D eigenvalue weighted by Crippen LogP contribution is -2.25. The molecule has 0 spiro atoms. The summed E-state index contributed by atoms with van der Waals surface area (Å²) >= 11 is 0. The Hall–Kier alpha value is -2.44. The molecule has 1 aromatic heterocycles. The average Bonchev–Trinajstić information content (AvgIpc) is 3.02. The molecule has 6 heteroatoms. The number of aryl methyl sites for hydroxylation is 2. The molecule has 26 heavy (non-hydrogen) atoms. The summed E-state index contributed by atoms with van der Waals surface area (Å²) in [6, 6.07) is 19.9. The topological polar surface area (TPSA) is 64.0 Å². The monoisotopic (exact) mass is 369 g/mol. The Kier molecular flexibility index (Phi) is 5.85. The number of rotatable bonds is 8. The SMILES string of the molecule is Cc1nn(Cc2ccccc2)cc1S(=O)(=O)NCCCc1ccccc1. The van der Waals surface area contributed by atoms with Gasteiger partial charge in [0.25, 0.3) is 0 Å². The zero-order valence-electron chi connectivity index (χ0n) is 14.8. The summed E-state index contributed by atoms with van der Waals surface area (Å²) in [5, 5.41) is 4.35. The van der Waals surface area contributed by atoms with E-state index in [1.165, 1.54) is 5.56 Å². The fourth-order valence-electron chi connectivity index (χ4n) is 2.84. The van der Waals surface area contributed by atoms with Crippen molar-refractivity contribution in [3.05, 3.63) is 83.7 Å². The van der Waals surface area contributed by atoms with E-state index >= 15 is 0 Å². The van der Waals surface area contributed by atoms with E-state index in [-0.39, 0.29) is 4.90 Å². The number of nitrogens with one attached hydrogen (secondary N) is 1. The number of aromatic nitrogens is 2. The highest BCUT2D eigenvalue weighted by Gasteiger charge is 2.19. The van der Waals surface area contributed by atoms with Gasteiger partial charge in [0.15, 0.2) is 0 Å². The van der Waals surface area contributed by atoms with Gasteiger partial charge in [-0.15, -0.1) is 0 Å². The third-order valence-electron chi connectivity index (χ3n) is 4.16. The first-order valence-corrected chi connectivity index (χ1v) is 10.1. The van der Waals surface area contributed by atoms with Gasteiger partial charge in [0.1, 0.15) is 4.90 Å². The Bertz CT molecular complexity index is 936. The van der Waals surface area contributed by atoms with Crippen LogP contribution in [0.4, 0.5) is 0 Å². The molecule has 1 N–H and O–H groups in total. The van der Waals surface area contributed by atoms with Crippen LogP contribution < -0.4 is 4.72 Å². The van der Waals surface area contributed by atoms with Crippen LogP contribution >= 0.6 is 0 Å². The van der Waals surface area contributed by atoms with Gasteiger partial charge in [0.2, 0.25) is 10.0 Å². The van der Waals surface area contributed by atoms with Crippen molar-refractivity contribution < 1.29 is 8.42 Å². The van der Waals surface area contributed by atoms with E-state index in [9.17, 15) is 8.42 Å². The van der Waals surface area contributed by atoms with E-state index in [0.29, 0.717) is 18.8 Å². The maximum absolute atomic E-state index is 12.6. The molecule has 3 aromatic rings. The van der Waals surface area contributed by atoms with Crippen molar-refractivity contribution in [2.24, 2.45) is 0 Å². The van der Waals surface area contributed by atoms with Crippen LogP contribution in [0.5, 0.6) is 0 Å². The average molecular weight is 369 g/mol. The van der Waals surface area contributed by atoms with Gasteiger partial charge >= 0.3 is 0 Å². The summed E-state index contributed by atoms with van der Waals surface area (Å²) in [5.74, 6) is 0. The van der Waals surface area contributed by atoms with E-state index in [2.05, 4.69) is 9.82 Å². The number of sulfonamides is 1. The first-order chi connectivity index (χ1) is 12.5. The van der Waals surface area contributed by atoms with E-state index in [0.717, 1.165) is 18.4 Å². The smallest absolute Gasteiger partial charge is 0.243 e. The molecule has 0 aliphatic rings. The molecule has 2 aromatic carbocycles. The molecule has 3 rings (SSSR count). The third kappa shape index (κ3) is 4.80. The fraction of sp³-hybridized carbons (Fsp3) is 0.250. The second kappa shape index (κ2) is 8.29. The molecular weight excluding hydrogens is 346 g/mol. The van der Waals surface area contributed by atoms with Crippen LogP contribution in [0.2, 0.25) is 0 Å². The zero-order valence-corrected chi connectivity index (χ0v) is 15.6. The van der Waals surface area contributed by atoms with Crippen LogP contribution in [-0.4, -0.2) is 24.7 Å². The summed E-state index contributed by atoms with van der Waals surface area (Å²) in [5.41, 5.74) is 2.80. The van der Waals surface area contributed by atoms with E-state index in [1.807, 2.05) is 60.7 Å². The van der Waals surface area contributed by atoms with Gasteiger partial charge in [0, 0.05) is 12.7 Å². The highest BCUT2D eigenvalue weighted by molar-refractivity contribution is 7.89. The minimum Gasteiger partial charge on any atom is -0.267 e. The van der Waals surface area contributed by atoms with E-state index in [1.54, 1.807) is 17.8 Å². The Labute approximate surface area is 154 Å². The molecule has 0 fully saturated rings. The second-order valence-electron chi connectivity index (χ2n) is 6.25. The molecule has 0 unspecified atom stereocenters. The van der Waals surface area contributed by atoms with Gasteiger partial charge in [-0.05, 0) is 30.9 Å². The molecule has 136 valence electrons. The maximum Gasteiger partial charge on any atom is 0.243 e. The summed E-state index contributed by atoms with van der Waals surface area (Å²) in [6.45, 7) is 2.67. The number of hydrogen-bond acceptors (Lipinski definition) is 3. The maximum atomic E-state index is 12.6. The minimum atomic E-state index is -3.55. The van der Waals surface area contributed by atoms with Gasteiger partial charge < -0.3 is 0 Å². The Balaban J connectivity index is 1.60. The molecule has 0 bridgehead atoms. The van der Waals surface area contributed by atoms with Crippen molar-refractivity contribution in [2.75, 3.05) is 6.54 Å². The van der Waals surface area contributed by atoms with Crippen molar-refractivity contribution in [1.29, 1.82) is 0 Å². The van der Waals surface area contributed by atoms with Crippen LogP contribution in [0.1, 0.15) is 23.2 Å². The summed E-state index contributed by atoms with van der Waals surface area (Å²) in [4.78, 5) is 0.244. The minimum absolute atomic E-state index is 0.244. The predicted molar refractivity (Wildman–Crippen MR) is 102 cm³/mol. The first-order valence-electron chi connectivity index (χ1n) is 8.66. The van der Waals surface area contributed by atoms with E-state index in [4.69, 9.17) is 0 Å². The van der Waals surface area contributed by atoms with Crippen molar-refractivity contribution >= 4 is 10.0 Å². The summed E-state index contributed by atoms with van der Waals surface area (Å²) in [6.07, 6.45) is 3.19. The molecule has 5 nitrogen and oxygen atoms in total. The molecule has 0 saturated heterocycles. The Morgan fingerprint density at radius 2 is 1.58 bits per heavy atom. The van der Waals surface area contributed by atoms with E-state index < -0.39 is 10.0 Å². The lowest BCUT2D eigenvalue weighted by atomic mass is 10.1. The zero-order chi connectivity index (χ0) is 18.4. The summed E-state index contributed by atoms with van der Waals surface area (Å²) < 4.78 is 29.5. The molecular formula is C20H23N3O2S. The predicted octanol–water partition coefficient (Wildman–Crippen LogP) is 3.15. The largest absolute Gasteiger partial charge is 0.267 e. The van der Waals surface area contributed by atoms with Gasteiger partial charge in [-0.3, -0.25) is 4.68 Å². The fourth-order valence-corrected chi connectivity index (χ4v) is 4.10. The quantitative estimate of drug-likeness (QED) is 0.621. The van der Waals surface area contributed by atoms with Gasteiger partial charge in [-0.2, -0.15) is 5.10 Å². The molecule has 0 saturated carbocycles. The van der Waals surface area contributed by atoms with Gasteiger partial charge in [0.05, 0.1) is 12.2 Å². The van der Waals surface area contributed by atoms with Crippen LogP contribution in [0.3, 0.4) is 0 Å².